The average Bonchev–Trinajstić information content (AvgIpc) is 3.70. The maximum atomic E-state index is 2.48. The molecule has 2 heteroatoms. The van der Waals surface area contributed by atoms with Gasteiger partial charge in [0.2, 0.25) is 0 Å². The molecule has 0 unspecified atom stereocenters. The lowest BCUT2D eigenvalue weighted by Crippen LogP contribution is -2.17. The summed E-state index contributed by atoms with van der Waals surface area (Å²) in [5, 5.41) is 0. The van der Waals surface area contributed by atoms with E-state index in [2.05, 4.69) is 261 Å². The molecule has 0 heterocycles. The number of anilines is 6. The van der Waals surface area contributed by atoms with E-state index in [0.717, 1.165) is 11.4 Å². The largest absolute Gasteiger partial charge is 0.310 e. The first-order valence-electron chi connectivity index (χ1n) is 24.2. The number of fused-ring (bicyclic) bond motifs is 6. The first-order chi connectivity index (χ1) is 32.7. The lowest BCUT2D eigenvalue weighted by Gasteiger charge is -2.31. The molecule has 9 aromatic rings. The molecule has 68 heavy (non-hydrogen) atoms. The lowest BCUT2D eigenvalue weighted by molar-refractivity contribution is 0.660. The van der Waals surface area contributed by atoms with Crippen molar-refractivity contribution >= 4 is 34.1 Å². The molecule has 0 fully saturated rings. The molecule has 0 atom stereocenters. The van der Waals surface area contributed by atoms with Gasteiger partial charge in [-0.05, 0) is 179 Å². The third kappa shape index (κ3) is 7.00. The molecule has 0 aliphatic heterocycles. The van der Waals surface area contributed by atoms with Crippen molar-refractivity contribution in [2.24, 2.45) is 0 Å². The molecule has 9 aromatic carbocycles. The molecule has 0 saturated heterocycles. The normalized spacial score (nSPS) is 13.7. The van der Waals surface area contributed by atoms with Gasteiger partial charge in [0.15, 0.2) is 0 Å². The summed E-state index contributed by atoms with van der Waals surface area (Å²) >= 11 is 0. The van der Waals surface area contributed by atoms with Crippen LogP contribution in [0.15, 0.2) is 182 Å². The Kier molecular flexibility index (Phi) is 10.2. The summed E-state index contributed by atoms with van der Waals surface area (Å²) in [6, 6.07) is 68.6. The number of aryl methyl sites for hydroxylation is 6. The molecule has 0 aromatic heterocycles. The van der Waals surface area contributed by atoms with E-state index in [1.165, 1.54) is 123 Å². The molecule has 0 spiro atoms. The summed E-state index contributed by atoms with van der Waals surface area (Å²) < 4.78 is 0. The predicted octanol–water partition coefficient (Wildman–Crippen LogP) is 18.4. The Morgan fingerprint density at radius 2 is 0.618 bits per heavy atom. The van der Waals surface area contributed by atoms with Crippen molar-refractivity contribution < 1.29 is 0 Å². The SMILES string of the molecule is Cc1cc(C)c(N(c2cccc(-c3ccc(-c4cccc(N(c5ccc6c(c5)C(C)(C)c5ccccc5-6)c5c(C)cc(C)cc5C)c4)cc3)c2)c2ccc3c(c2)C(C)(C)c2ccccc2-3)c(C)c1. The van der Waals surface area contributed by atoms with Gasteiger partial charge in [-0.3, -0.25) is 0 Å². The van der Waals surface area contributed by atoms with Crippen molar-refractivity contribution in [3.05, 3.63) is 238 Å². The zero-order chi connectivity index (χ0) is 47.2. The highest BCUT2D eigenvalue weighted by molar-refractivity contribution is 5.90. The van der Waals surface area contributed by atoms with E-state index in [-0.39, 0.29) is 10.8 Å². The van der Waals surface area contributed by atoms with Crippen LogP contribution in [0.25, 0.3) is 44.5 Å². The maximum absolute atomic E-state index is 2.48. The molecule has 2 nitrogen and oxygen atoms in total. The van der Waals surface area contributed by atoms with Crippen LogP contribution in [0.3, 0.4) is 0 Å². The van der Waals surface area contributed by atoms with Gasteiger partial charge in [0.1, 0.15) is 0 Å². The summed E-state index contributed by atoms with van der Waals surface area (Å²) in [5.74, 6) is 0. The minimum absolute atomic E-state index is 0.100. The Bertz CT molecular complexity index is 3200. The molecular formula is C66H60N2. The fourth-order valence-electron chi connectivity index (χ4n) is 12.0. The van der Waals surface area contributed by atoms with E-state index in [9.17, 15) is 0 Å². The van der Waals surface area contributed by atoms with E-state index in [0.29, 0.717) is 0 Å². The molecule has 2 aliphatic rings. The number of hydrogen-bond acceptors (Lipinski definition) is 2. The zero-order valence-electron chi connectivity index (χ0n) is 41.2. The van der Waals surface area contributed by atoms with Crippen LogP contribution < -0.4 is 9.80 Å². The van der Waals surface area contributed by atoms with Gasteiger partial charge < -0.3 is 9.80 Å². The van der Waals surface area contributed by atoms with Gasteiger partial charge in [0.05, 0.1) is 11.4 Å². The minimum Gasteiger partial charge on any atom is -0.310 e. The van der Waals surface area contributed by atoms with Crippen LogP contribution >= 0.6 is 0 Å². The molecular weight excluding hydrogens is 821 g/mol. The fraction of sp³-hybridized carbons (Fsp3) is 0.182. The van der Waals surface area contributed by atoms with Gasteiger partial charge in [-0.15, -0.1) is 0 Å². The Morgan fingerprint density at radius 1 is 0.279 bits per heavy atom. The Balaban J connectivity index is 0.964. The predicted molar refractivity (Wildman–Crippen MR) is 290 cm³/mol. The van der Waals surface area contributed by atoms with Crippen molar-refractivity contribution in [1.82, 2.24) is 0 Å². The molecule has 0 N–H and O–H groups in total. The topological polar surface area (TPSA) is 6.48 Å². The molecule has 0 amide bonds. The smallest absolute Gasteiger partial charge is 0.0520 e. The van der Waals surface area contributed by atoms with Crippen molar-refractivity contribution in [2.45, 2.75) is 80.1 Å². The minimum atomic E-state index is -0.100. The summed E-state index contributed by atoms with van der Waals surface area (Å²) in [6.45, 7) is 22.9. The van der Waals surface area contributed by atoms with Crippen LogP contribution in [0, 0.1) is 41.5 Å². The third-order valence-corrected chi connectivity index (χ3v) is 15.1. The van der Waals surface area contributed by atoms with Gasteiger partial charge in [-0.25, -0.2) is 0 Å². The highest BCUT2D eigenvalue weighted by Crippen LogP contribution is 2.53. The lowest BCUT2D eigenvalue weighted by atomic mass is 9.82. The molecule has 2 aliphatic carbocycles. The van der Waals surface area contributed by atoms with E-state index < -0.39 is 0 Å². The van der Waals surface area contributed by atoms with Crippen molar-refractivity contribution in [1.29, 1.82) is 0 Å². The van der Waals surface area contributed by atoms with Gasteiger partial charge in [0.25, 0.3) is 0 Å². The van der Waals surface area contributed by atoms with Crippen molar-refractivity contribution in [3.8, 4) is 44.5 Å². The van der Waals surface area contributed by atoms with Crippen LogP contribution in [0.4, 0.5) is 34.1 Å². The average molecular weight is 881 g/mol. The number of benzene rings is 9. The first kappa shape index (κ1) is 43.2. The molecule has 0 radical (unpaired) electrons. The van der Waals surface area contributed by atoms with Crippen LogP contribution in [0.5, 0.6) is 0 Å². The standard InChI is InChI=1S/C66H60N2/c1-41-33-43(3)63(44(4)34-41)67(53-29-31-57-55-21-11-13-23-59(55)65(7,8)61(57)39-53)51-19-15-17-49(37-51)47-25-27-48(28-26-47)50-18-16-20-52(38-50)68(64-45(5)35-42(2)36-46(64)6)54-30-32-58-56-22-12-14-24-60(56)66(9,10)62(58)40-54/h11-40H,1-10H3. The second-order valence-electron chi connectivity index (χ2n) is 20.6. The second kappa shape index (κ2) is 16.1. The first-order valence-corrected chi connectivity index (χ1v) is 24.2. The van der Waals surface area contributed by atoms with E-state index in [4.69, 9.17) is 0 Å². The molecule has 11 rings (SSSR count). The van der Waals surface area contributed by atoms with Gasteiger partial charge >= 0.3 is 0 Å². The molecule has 0 bridgehead atoms. The zero-order valence-corrected chi connectivity index (χ0v) is 41.2. The van der Waals surface area contributed by atoms with E-state index >= 15 is 0 Å². The van der Waals surface area contributed by atoms with Crippen LogP contribution in [-0.2, 0) is 10.8 Å². The molecule has 0 saturated carbocycles. The number of rotatable bonds is 8. The summed E-state index contributed by atoms with van der Waals surface area (Å²) in [4.78, 5) is 4.97. The highest BCUT2D eigenvalue weighted by atomic mass is 15.2. The van der Waals surface area contributed by atoms with Crippen molar-refractivity contribution in [3.63, 3.8) is 0 Å². The van der Waals surface area contributed by atoms with Gasteiger partial charge in [-0.1, -0.05) is 172 Å². The maximum Gasteiger partial charge on any atom is 0.0520 e. The Morgan fingerprint density at radius 3 is 1.00 bits per heavy atom. The van der Waals surface area contributed by atoms with E-state index in [1.54, 1.807) is 0 Å². The summed E-state index contributed by atoms with van der Waals surface area (Å²) in [5.41, 5.74) is 30.1. The summed E-state index contributed by atoms with van der Waals surface area (Å²) in [6.07, 6.45) is 0. The fourth-order valence-corrected chi connectivity index (χ4v) is 12.0. The Labute approximate surface area is 404 Å². The molecule has 334 valence electrons. The Hall–Kier alpha value is -7.42. The van der Waals surface area contributed by atoms with E-state index in [1.807, 2.05) is 0 Å². The highest BCUT2D eigenvalue weighted by Gasteiger charge is 2.37. The van der Waals surface area contributed by atoms with Crippen LogP contribution in [0.1, 0.15) is 83.3 Å². The van der Waals surface area contributed by atoms with Gasteiger partial charge in [0, 0.05) is 33.6 Å². The van der Waals surface area contributed by atoms with Crippen LogP contribution in [0.2, 0.25) is 0 Å². The second-order valence-corrected chi connectivity index (χ2v) is 20.6. The number of nitrogens with zero attached hydrogens (tertiary/aromatic N) is 2. The van der Waals surface area contributed by atoms with Crippen LogP contribution in [-0.4, -0.2) is 0 Å². The third-order valence-electron chi connectivity index (χ3n) is 15.1. The number of hydrogen-bond donors (Lipinski definition) is 0. The van der Waals surface area contributed by atoms with Gasteiger partial charge in [-0.2, -0.15) is 0 Å². The summed E-state index contributed by atoms with van der Waals surface area (Å²) in [7, 11) is 0. The monoisotopic (exact) mass is 880 g/mol. The quantitative estimate of drug-likeness (QED) is 0.150. The van der Waals surface area contributed by atoms with Crippen molar-refractivity contribution in [2.75, 3.05) is 9.80 Å².